The van der Waals surface area contributed by atoms with E-state index in [1.165, 1.54) is 0 Å². The molecule has 0 atom stereocenters. The number of pyridine rings is 1. The van der Waals surface area contributed by atoms with Crippen LogP contribution in [0.25, 0.3) is 0 Å². The van der Waals surface area contributed by atoms with Crippen molar-refractivity contribution in [2.75, 3.05) is 6.54 Å². The Kier molecular flexibility index (Phi) is 4.67. The van der Waals surface area contributed by atoms with Gasteiger partial charge in [-0.2, -0.15) is 0 Å². The predicted octanol–water partition coefficient (Wildman–Crippen LogP) is 3.21. The number of rotatable bonds is 5. The van der Waals surface area contributed by atoms with Gasteiger partial charge < -0.3 is 5.32 Å². The van der Waals surface area contributed by atoms with Gasteiger partial charge >= 0.3 is 0 Å². The predicted molar refractivity (Wildman–Crippen MR) is 71.1 cm³/mol. The summed E-state index contributed by atoms with van der Waals surface area (Å²) < 4.78 is 13.6. The molecule has 0 aliphatic rings. The van der Waals surface area contributed by atoms with E-state index < -0.39 is 0 Å². The number of nitrogens with one attached hydrogen (secondary N) is 1. The van der Waals surface area contributed by atoms with Gasteiger partial charge in [-0.3, -0.25) is 4.98 Å². The van der Waals surface area contributed by atoms with Crippen LogP contribution in [0, 0.1) is 5.82 Å². The molecule has 0 spiro atoms. The van der Waals surface area contributed by atoms with Gasteiger partial charge in [-0.1, -0.05) is 29.8 Å². The number of halogens is 2. The molecule has 0 unspecified atom stereocenters. The Labute approximate surface area is 111 Å². The maximum atomic E-state index is 13.6. The largest absolute Gasteiger partial charge is 0.312 e. The van der Waals surface area contributed by atoms with Crippen LogP contribution < -0.4 is 5.32 Å². The van der Waals surface area contributed by atoms with Crippen LogP contribution in [0.5, 0.6) is 0 Å². The average Bonchev–Trinajstić information content (AvgIpc) is 2.40. The Bertz CT molecular complexity index is 502. The third kappa shape index (κ3) is 3.52. The van der Waals surface area contributed by atoms with Crippen molar-refractivity contribution in [3.8, 4) is 0 Å². The van der Waals surface area contributed by atoms with E-state index in [9.17, 15) is 4.39 Å². The van der Waals surface area contributed by atoms with Gasteiger partial charge in [0.2, 0.25) is 0 Å². The highest BCUT2D eigenvalue weighted by molar-refractivity contribution is 6.30. The quantitative estimate of drug-likeness (QED) is 0.839. The summed E-state index contributed by atoms with van der Waals surface area (Å²) in [5.41, 5.74) is 1.61. The standard InChI is InChI=1S/C14H14ClFN2/c15-13-6-3-4-11(14(13)16)10-17-9-7-12-5-1-2-8-18-12/h1-6,8,17H,7,9-10H2. The lowest BCUT2D eigenvalue weighted by atomic mass is 10.2. The SMILES string of the molecule is Fc1c(Cl)cccc1CNCCc1ccccn1. The molecule has 0 amide bonds. The molecular formula is C14H14ClFN2. The van der Waals surface area contributed by atoms with Crippen molar-refractivity contribution in [2.45, 2.75) is 13.0 Å². The first-order valence-corrected chi connectivity index (χ1v) is 6.18. The highest BCUT2D eigenvalue weighted by atomic mass is 35.5. The summed E-state index contributed by atoms with van der Waals surface area (Å²) in [6.07, 6.45) is 2.59. The average molecular weight is 265 g/mol. The lowest BCUT2D eigenvalue weighted by Crippen LogP contribution is -2.17. The summed E-state index contributed by atoms with van der Waals surface area (Å²) in [5.74, 6) is -0.343. The Morgan fingerprint density at radius 1 is 1.17 bits per heavy atom. The van der Waals surface area contributed by atoms with Crippen LogP contribution in [-0.2, 0) is 13.0 Å². The van der Waals surface area contributed by atoms with Gasteiger partial charge in [-0.25, -0.2) is 4.39 Å². The minimum absolute atomic E-state index is 0.166. The summed E-state index contributed by atoms with van der Waals surface area (Å²) >= 11 is 5.71. The molecule has 18 heavy (non-hydrogen) atoms. The van der Waals surface area contributed by atoms with Crippen LogP contribution >= 0.6 is 11.6 Å². The topological polar surface area (TPSA) is 24.9 Å². The zero-order valence-corrected chi connectivity index (χ0v) is 10.6. The van der Waals surface area contributed by atoms with E-state index in [4.69, 9.17) is 11.6 Å². The summed E-state index contributed by atoms with van der Waals surface area (Å²) in [5, 5.41) is 3.35. The summed E-state index contributed by atoms with van der Waals surface area (Å²) in [6.45, 7) is 1.22. The van der Waals surface area contributed by atoms with Gasteiger partial charge in [0.1, 0.15) is 5.82 Å². The van der Waals surface area contributed by atoms with Crippen molar-refractivity contribution in [3.63, 3.8) is 0 Å². The Hall–Kier alpha value is -1.45. The normalized spacial score (nSPS) is 10.6. The van der Waals surface area contributed by atoms with E-state index in [-0.39, 0.29) is 10.8 Å². The molecule has 94 valence electrons. The Balaban J connectivity index is 1.81. The van der Waals surface area contributed by atoms with Crippen molar-refractivity contribution >= 4 is 11.6 Å². The zero-order chi connectivity index (χ0) is 12.8. The minimum atomic E-state index is -0.343. The third-order valence-corrected chi connectivity index (χ3v) is 2.92. The highest BCUT2D eigenvalue weighted by Crippen LogP contribution is 2.17. The van der Waals surface area contributed by atoms with E-state index in [2.05, 4.69) is 10.3 Å². The molecular weight excluding hydrogens is 251 g/mol. The van der Waals surface area contributed by atoms with Gasteiger partial charge in [-0.15, -0.1) is 0 Å². The van der Waals surface area contributed by atoms with Crippen LogP contribution in [0.4, 0.5) is 4.39 Å². The molecule has 0 saturated heterocycles. The second kappa shape index (κ2) is 6.47. The molecule has 2 nitrogen and oxygen atoms in total. The molecule has 4 heteroatoms. The van der Waals surface area contributed by atoms with Gasteiger partial charge in [0.05, 0.1) is 5.02 Å². The smallest absolute Gasteiger partial charge is 0.146 e. The van der Waals surface area contributed by atoms with E-state index in [0.29, 0.717) is 12.1 Å². The van der Waals surface area contributed by atoms with Crippen LogP contribution in [0.1, 0.15) is 11.3 Å². The van der Waals surface area contributed by atoms with Gasteiger partial charge in [0, 0.05) is 37.0 Å². The first-order chi connectivity index (χ1) is 8.77. The van der Waals surface area contributed by atoms with Crippen LogP contribution in [0.2, 0.25) is 5.02 Å². The summed E-state index contributed by atoms with van der Waals surface area (Å²) in [4.78, 5) is 4.22. The molecule has 1 heterocycles. The van der Waals surface area contributed by atoms with Crippen LogP contribution in [-0.4, -0.2) is 11.5 Å². The fraction of sp³-hybridized carbons (Fsp3) is 0.214. The van der Waals surface area contributed by atoms with Crippen molar-refractivity contribution in [1.29, 1.82) is 0 Å². The van der Waals surface area contributed by atoms with Gasteiger partial charge in [0.25, 0.3) is 0 Å². The van der Waals surface area contributed by atoms with Crippen LogP contribution in [0.15, 0.2) is 42.6 Å². The highest BCUT2D eigenvalue weighted by Gasteiger charge is 2.05. The second-order valence-electron chi connectivity index (χ2n) is 3.96. The number of hydrogen-bond acceptors (Lipinski definition) is 2. The van der Waals surface area contributed by atoms with E-state index in [0.717, 1.165) is 18.7 Å². The molecule has 1 aromatic heterocycles. The first kappa shape index (κ1) is 13.0. The molecule has 0 bridgehead atoms. The minimum Gasteiger partial charge on any atom is -0.312 e. The third-order valence-electron chi connectivity index (χ3n) is 2.63. The van der Waals surface area contributed by atoms with Crippen LogP contribution in [0.3, 0.4) is 0 Å². The lowest BCUT2D eigenvalue weighted by Gasteiger charge is -2.06. The molecule has 0 radical (unpaired) electrons. The number of nitrogens with zero attached hydrogens (tertiary/aromatic N) is 1. The maximum Gasteiger partial charge on any atom is 0.146 e. The maximum absolute atomic E-state index is 13.6. The fourth-order valence-electron chi connectivity index (χ4n) is 1.67. The molecule has 0 aliphatic carbocycles. The van der Waals surface area contributed by atoms with E-state index in [1.807, 2.05) is 18.2 Å². The summed E-state index contributed by atoms with van der Waals surface area (Å²) in [7, 11) is 0. The Morgan fingerprint density at radius 2 is 2.06 bits per heavy atom. The number of aromatic nitrogens is 1. The Morgan fingerprint density at radius 3 is 2.83 bits per heavy atom. The van der Waals surface area contributed by atoms with Gasteiger partial charge in [0.15, 0.2) is 0 Å². The van der Waals surface area contributed by atoms with Crippen molar-refractivity contribution < 1.29 is 4.39 Å². The van der Waals surface area contributed by atoms with E-state index in [1.54, 1.807) is 24.4 Å². The van der Waals surface area contributed by atoms with Crippen molar-refractivity contribution in [3.05, 3.63) is 64.7 Å². The molecule has 2 aromatic rings. The molecule has 0 aliphatic heterocycles. The van der Waals surface area contributed by atoms with E-state index >= 15 is 0 Å². The first-order valence-electron chi connectivity index (χ1n) is 5.81. The molecule has 0 saturated carbocycles. The monoisotopic (exact) mass is 264 g/mol. The molecule has 1 N–H and O–H groups in total. The fourth-order valence-corrected chi connectivity index (χ4v) is 1.86. The second-order valence-corrected chi connectivity index (χ2v) is 4.37. The molecule has 1 aromatic carbocycles. The number of hydrogen-bond donors (Lipinski definition) is 1. The van der Waals surface area contributed by atoms with Gasteiger partial charge in [-0.05, 0) is 18.2 Å². The molecule has 0 fully saturated rings. The number of benzene rings is 1. The summed E-state index contributed by atoms with van der Waals surface area (Å²) in [6, 6.07) is 10.9. The van der Waals surface area contributed by atoms with Crippen molar-refractivity contribution in [2.24, 2.45) is 0 Å². The lowest BCUT2D eigenvalue weighted by molar-refractivity contribution is 0.588. The molecule has 2 rings (SSSR count). The van der Waals surface area contributed by atoms with Crippen molar-refractivity contribution in [1.82, 2.24) is 10.3 Å². The zero-order valence-electron chi connectivity index (χ0n) is 9.87.